The van der Waals surface area contributed by atoms with E-state index in [9.17, 15) is 8.42 Å². The lowest BCUT2D eigenvalue weighted by Crippen LogP contribution is -2.49. The van der Waals surface area contributed by atoms with Crippen LogP contribution in [0.4, 0.5) is 0 Å². The van der Waals surface area contributed by atoms with Crippen LogP contribution in [0.1, 0.15) is 44.7 Å². The zero-order chi connectivity index (χ0) is 19.7. The third-order valence-electron chi connectivity index (χ3n) is 5.17. The monoisotopic (exact) mass is 394 g/mol. The molecule has 0 aromatic heterocycles. The maximum absolute atomic E-state index is 11.9. The SMILES string of the molecule is CN=C(NC[C@H]1CCCN1S(C)(=O)=O)NC1CC(C)(C)Oc2ccccc21. The molecule has 0 amide bonds. The third kappa shape index (κ3) is 4.73. The van der Waals surface area contributed by atoms with Crippen LogP contribution in [0.2, 0.25) is 0 Å². The van der Waals surface area contributed by atoms with E-state index in [1.165, 1.54) is 6.26 Å². The zero-order valence-electron chi connectivity index (χ0n) is 16.5. The van der Waals surface area contributed by atoms with Crippen LogP contribution in [0, 0.1) is 0 Å². The van der Waals surface area contributed by atoms with Gasteiger partial charge in [0.25, 0.3) is 0 Å². The van der Waals surface area contributed by atoms with E-state index in [2.05, 4.69) is 35.5 Å². The zero-order valence-corrected chi connectivity index (χ0v) is 17.3. The normalized spacial score (nSPS) is 25.6. The summed E-state index contributed by atoms with van der Waals surface area (Å²) in [7, 11) is -1.44. The Kier molecular flexibility index (Phi) is 5.67. The van der Waals surface area contributed by atoms with Crippen LogP contribution in [0.5, 0.6) is 5.75 Å². The quantitative estimate of drug-likeness (QED) is 0.602. The van der Waals surface area contributed by atoms with Crippen molar-refractivity contribution in [3.05, 3.63) is 29.8 Å². The number of sulfonamides is 1. The van der Waals surface area contributed by atoms with Crippen molar-refractivity contribution in [2.24, 2.45) is 4.99 Å². The van der Waals surface area contributed by atoms with Gasteiger partial charge < -0.3 is 15.4 Å². The molecule has 3 rings (SSSR count). The van der Waals surface area contributed by atoms with E-state index in [0.29, 0.717) is 19.0 Å². The summed E-state index contributed by atoms with van der Waals surface area (Å²) < 4.78 is 31.5. The van der Waals surface area contributed by atoms with E-state index in [-0.39, 0.29) is 17.7 Å². The molecule has 7 nitrogen and oxygen atoms in total. The first-order valence-electron chi connectivity index (χ1n) is 9.41. The van der Waals surface area contributed by atoms with Crippen LogP contribution in [0.3, 0.4) is 0 Å². The molecular weight excluding hydrogens is 364 g/mol. The number of aliphatic imine (C=N–C) groups is 1. The molecule has 2 atom stereocenters. The predicted molar refractivity (Wildman–Crippen MR) is 108 cm³/mol. The fourth-order valence-electron chi connectivity index (χ4n) is 3.95. The van der Waals surface area contributed by atoms with Crippen molar-refractivity contribution >= 4 is 16.0 Å². The van der Waals surface area contributed by atoms with Gasteiger partial charge in [-0.25, -0.2) is 8.42 Å². The van der Waals surface area contributed by atoms with Crippen molar-refractivity contribution in [1.29, 1.82) is 0 Å². The Bertz CT molecular complexity index is 807. The molecule has 1 saturated heterocycles. The molecule has 1 aromatic carbocycles. The van der Waals surface area contributed by atoms with Gasteiger partial charge in [0.05, 0.1) is 12.3 Å². The summed E-state index contributed by atoms with van der Waals surface area (Å²) in [6.45, 7) is 5.30. The highest BCUT2D eigenvalue weighted by Crippen LogP contribution is 2.39. The molecule has 1 fully saturated rings. The van der Waals surface area contributed by atoms with Gasteiger partial charge >= 0.3 is 0 Å². The molecular formula is C19H30N4O3S. The third-order valence-corrected chi connectivity index (χ3v) is 6.50. The van der Waals surface area contributed by atoms with E-state index < -0.39 is 10.0 Å². The highest BCUT2D eigenvalue weighted by molar-refractivity contribution is 7.88. The molecule has 1 unspecified atom stereocenters. The summed E-state index contributed by atoms with van der Waals surface area (Å²) in [5.41, 5.74) is 0.835. The van der Waals surface area contributed by atoms with Gasteiger partial charge in [-0.05, 0) is 32.8 Å². The smallest absolute Gasteiger partial charge is 0.211 e. The second-order valence-corrected chi connectivity index (χ2v) is 9.86. The van der Waals surface area contributed by atoms with Crippen LogP contribution >= 0.6 is 0 Å². The van der Waals surface area contributed by atoms with Crippen LogP contribution in [-0.4, -0.2) is 56.7 Å². The molecule has 27 heavy (non-hydrogen) atoms. The summed E-state index contributed by atoms with van der Waals surface area (Å²) in [6.07, 6.45) is 3.85. The maximum Gasteiger partial charge on any atom is 0.211 e. The number of para-hydroxylation sites is 1. The molecule has 2 aliphatic heterocycles. The summed E-state index contributed by atoms with van der Waals surface area (Å²) in [6, 6.07) is 8.09. The lowest BCUT2D eigenvalue weighted by atomic mass is 9.90. The number of rotatable bonds is 4. The number of fused-ring (bicyclic) bond motifs is 1. The standard InChI is InChI=1S/C19H30N4O3S/c1-19(2)12-16(15-9-5-6-10-17(15)26-19)22-18(20-3)21-13-14-8-7-11-23(14)27(4,24)25/h5-6,9-10,14,16H,7-8,11-13H2,1-4H3,(H2,20,21,22)/t14-,16?/m1/s1. The van der Waals surface area contributed by atoms with Crippen molar-refractivity contribution in [2.45, 2.75) is 50.8 Å². The summed E-state index contributed by atoms with van der Waals surface area (Å²) >= 11 is 0. The molecule has 1 aromatic rings. The van der Waals surface area contributed by atoms with Crippen molar-refractivity contribution in [3.63, 3.8) is 0 Å². The minimum absolute atomic E-state index is 0.0306. The molecule has 2 N–H and O–H groups in total. The van der Waals surface area contributed by atoms with E-state index in [1.807, 2.05) is 18.2 Å². The first kappa shape index (κ1) is 19.9. The Labute approximate surface area is 162 Å². The number of guanidine groups is 1. The molecule has 8 heteroatoms. The second kappa shape index (κ2) is 7.67. The topological polar surface area (TPSA) is 83.0 Å². The van der Waals surface area contributed by atoms with E-state index in [4.69, 9.17) is 4.74 Å². The minimum Gasteiger partial charge on any atom is -0.487 e. The molecule has 0 aliphatic carbocycles. The number of benzene rings is 1. The first-order chi connectivity index (χ1) is 12.7. The Morgan fingerprint density at radius 1 is 1.37 bits per heavy atom. The summed E-state index contributed by atoms with van der Waals surface area (Å²) in [5.74, 6) is 1.56. The molecule has 0 saturated carbocycles. The Hall–Kier alpha value is -1.80. The van der Waals surface area contributed by atoms with Gasteiger partial charge in [-0.2, -0.15) is 4.31 Å². The van der Waals surface area contributed by atoms with Gasteiger partial charge in [0.15, 0.2) is 5.96 Å². The van der Waals surface area contributed by atoms with Crippen LogP contribution in [0.15, 0.2) is 29.3 Å². The Morgan fingerprint density at radius 3 is 2.81 bits per heavy atom. The molecule has 2 aliphatic rings. The highest BCUT2D eigenvalue weighted by atomic mass is 32.2. The maximum atomic E-state index is 11.9. The summed E-state index contributed by atoms with van der Waals surface area (Å²) in [5, 5.41) is 6.80. The fraction of sp³-hybridized carbons (Fsp3) is 0.632. The number of nitrogens with one attached hydrogen (secondary N) is 2. The Morgan fingerprint density at radius 2 is 2.11 bits per heavy atom. The number of hydrogen-bond donors (Lipinski definition) is 2. The van der Waals surface area contributed by atoms with E-state index >= 15 is 0 Å². The first-order valence-corrected chi connectivity index (χ1v) is 11.3. The van der Waals surface area contributed by atoms with Crippen LogP contribution in [0.25, 0.3) is 0 Å². The highest BCUT2D eigenvalue weighted by Gasteiger charge is 2.35. The van der Waals surface area contributed by atoms with Crippen molar-refractivity contribution in [1.82, 2.24) is 14.9 Å². The average Bonchev–Trinajstić information content (AvgIpc) is 3.06. The van der Waals surface area contributed by atoms with Crippen LogP contribution in [-0.2, 0) is 10.0 Å². The number of hydrogen-bond acceptors (Lipinski definition) is 4. The largest absolute Gasteiger partial charge is 0.487 e. The van der Waals surface area contributed by atoms with Crippen molar-refractivity contribution < 1.29 is 13.2 Å². The molecule has 0 radical (unpaired) electrons. The lowest BCUT2D eigenvalue weighted by Gasteiger charge is -2.38. The van der Waals surface area contributed by atoms with Gasteiger partial charge in [-0.1, -0.05) is 18.2 Å². The molecule has 0 bridgehead atoms. The predicted octanol–water partition coefficient (Wildman–Crippen LogP) is 1.88. The van der Waals surface area contributed by atoms with Gasteiger partial charge in [0.1, 0.15) is 11.4 Å². The minimum atomic E-state index is -3.17. The molecule has 0 spiro atoms. The van der Waals surface area contributed by atoms with Crippen LogP contribution < -0.4 is 15.4 Å². The molecule has 150 valence electrons. The van der Waals surface area contributed by atoms with Gasteiger partial charge in [0.2, 0.25) is 10.0 Å². The average molecular weight is 395 g/mol. The lowest BCUT2D eigenvalue weighted by molar-refractivity contribution is 0.0694. The number of nitrogens with zero attached hydrogens (tertiary/aromatic N) is 2. The Balaban J connectivity index is 1.67. The van der Waals surface area contributed by atoms with Gasteiger partial charge in [-0.15, -0.1) is 0 Å². The van der Waals surface area contributed by atoms with E-state index in [0.717, 1.165) is 30.6 Å². The number of ether oxygens (including phenoxy) is 1. The van der Waals surface area contributed by atoms with Crippen molar-refractivity contribution in [2.75, 3.05) is 26.4 Å². The van der Waals surface area contributed by atoms with E-state index in [1.54, 1.807) is 11.4 Å². The van der Waals surface area contributed by atoms with Crippen molar-refractivity contribution in [3.8, 4) is 5.75 Å². The fourth-order valence-corrected chi connectivity index (χ4v) is 5.14. The summed E-state index contributed by atoms with van der Waals surface area (Å²) in [4.78, 5) is 4.34. The molecule has 2 heterocycles. The second-order valence-electron chi connectivity index (χ2n) is 7.92. The van der Waals surface area contributed by atoms with Gasteiger partial charge in [-0.3, -0.25) is 4.99 Å². The van der Waals surface area contributed by atoms with Gasteiger partial charge in [0, 0.05) is 38.2 Å².